The Balaban J connectivity index is 1.60. The molecule has 2 saturated heterocycles. The fourth-order valence-corrected chi connectivity index (χ4v) is 3.07. The second-order valence-electron chi connectivity index (χ2n) is 5.06. The third kappa shape index (κ3) is 2.62. The van der Waals surface area contributed by atoms with Crippen LogP contribution in [0.4, 0.5) is 0 Å². The van der Waals surface area contributed by atoms with Gasteiger partial charge in [-0.05, 0) is 31.0 Å². The van der Waals surface area contributed by atoms with Gasteiger partial charge in [0.05, 0.1) is 0 Å². The van der Waals surface area contributed by atoms with E-state index in [1.807, 2.05) is 12.3 Å². The molecule has 1 aromatic heterocycles. The van der Waals surface area contributed by atoms with Crippen LogP contribution in [0.5, 0.6) is 0 Å². The highest BCUT2D eigenvalue weighted by Gasteiger charge is 2.30. The van der Waals surface area contributed by atoms with Gasteiger partial charge in [0.2, 0.25) is 0 Å². The molecule has 0 radical (unpaired) electrons. The van der Waals surface area contributed by atoms with Crippen LogP contribution in [0.25, 0.3) is 0 Å². The largest absolute Gasteiger partial charge is 0.298 e. The predicted octanol–water partition coefficient (Wildman–Crippen LogP) is 2.01. The van der Waals surface area contributed by atoms with Crippen molar-refractivity contribution < 1.29 is 0 Å². The lowest BCUT2D eigenvalue weighted by molar-refractivity contribution is 0.0993. The Bertz CT molecular complexity index is 379. The number of aromatic nitrogens is 1. The Morgan fingerprint density at radius 2 is 2.24 bits per heavy atom. The van der Waals surface area contributed by atoms with Crippen LogP contribution in [0.1, 0.15) is 18.4 Å². The molecule has 0 amide bonds. The SMILES string of the molecule is Clc1ccc(CN2CCN3CCCC3C2)cn1. The van der Waals surface area contributed by atoms with E-state index in [1.165, 1.54) is 44.6 Å². The van der Waals surface area contributed by atoms with Crippen molar-refractivity contribution in [2.24, 2.45) is 0 Å². The molecule has 4 heteroatoms. The summed E-state index contributed by atoms with van der Waals surface area (Å²) in [5.41, 5.74) is 1.26. The van der Waals surface area contributed by atoms with Gasteiger partial charge in [0.25, 0.3) is 0 Å². The van der Waals surface area contributed by atoms with Crippen LogP contribution in [0.3, 0.4) is 0 Å². The van der Waals surface area contributed by atoms with E-state index in [4.69, 9.17) is 11.6 Å². The zero-order chi connectivity index (χ0) is 11.7. The van der Waals surface area contributed by atoms with Crippen LogP contribution in [-0.4, -0.2) is 47.0 Å². The first-order valence-corrected chi connectivity index (χ1v) is 6.76. The van der Waals surface area contributed by atoms with Crippen molar-refractivity contribution in [2.75, 3.05) is 26.2 Å². The summed E-state index contributed by atoms with van der Waals surface area (Å²) in [5, 5.41) is 0.578. The number of hydrogen-bond donors (Lipinski definition) is 0. The van der Waals surface area contributed by atoms with Crippen LogP contribution in [0.2, 0.25) is 5.15 Å². The van der Waals surface area contributed by atoms with E-state index in [2.05, 4.69) is 20.9 Å². The standard InChI is InChI=1S/C13H18ClN3/c14-13-4-3-11(8-15-13)9-16-6-7-17-5-1-2-12(17)10-16/h3-4,8,12H,1-2,5-7,9-10H2. The van der Waals surface area contributed by atoms with Crippen molar-refractivity contribution >= 4 is 11.6 Å². The molecule has 2 fully saturated rings. The van der Waals surface area contributed by atoms with Crippen molar-refractivity contribution in [2.45, 2.75) is 25.4 Å². The van der Waals surface area contributed by atoms with Gasteiger partial charge < -0.3 is 0 Å². The topological polar surface area (TPSA) is 19.4 Å². The maximum atomic E-state index is 5.80. The van der Waals surface area contributed by atoms with Gasteiger partial charge in [-0.3, -0.25) is 9.80 Å². The Hall–Kier alpha value is -0.640. The van der Waals surface area contributed by atoms with Gasteiger partial charge in [-0.1, -0.05) is 17.7 Å². The van der Waals surface area contributed by atoms with E-state index in [0.717, 1.165) is 12.6 Å². The number of rotatable bonds is 2. The van der Waals surface area contributed by atoms with E-state index >= 15 is 0 Å². The maximum Gasteiger partial charge on any atom is 0.129 e. The van der Waals surface area contributed by atoms with Crippen LogP contribution >= 0.6 is 11.6 Å². The summed E-state index contributed by atoms with van der Waals surface area (Å²) < 4.78 is 0. The minimum atomic E-state index is 0.578. The molecular weight excluding hydrogens is 234 g/mol. The minimum absolute atomic E-state index is 0.578. The molecule has 2 aliphatic rings. The highest BCUT2D eigenvalue weighted by atomic mass is 35.5. The Labute approximate surface area is 107 Å². The Morgan fingerprint density at radius 1 is 1.29 bits per heavy atom. The first-order chi connectivity index (χ1) is 8.31. The Kier molecular flexibility index (Phi) is 3.32. The highest BCUT2D eigenvalue weighted by molar-refractivity contribution is 6.29. The molecule has 92 valence electrons. The predicted molar refractivity (Wildman–Crippen MR) is 69.1 cm³/mol. The van der Waals surface area contributed by atoms with E-state index in [-0.39, 0.29) is 0 Å². The van der Waals surface area contributed by atoms with Gasteiger partial charge in [-0.25, -0.2) is 4.98 Å². The van der Waals surface area contributed by atoms with Gasteiger partial charge in [0.15, 0.2) is 0 Å². The molecule has 3 nitrogen and oxygen atoms in total. The summed E-state index contributed by atoms with van der Waals surface area (Å²) in [4.78, 5) is 9.31. The quantitative estimate of drug-likeness (QED) is 0.750. The van der Waals surface area contributed by atoms with Crippen molar-refractivity contribution in [1.29, 1.82) is 0 Å². The third-order valence-electron chi connectivity index (χ3n) is 3.87. The number of pyridine rings is 1. The summed E-state index contributed by atoms with van der Waals surface area (Å²) in [6.07, 6.45) is 4.64. The van der Waals surface area contributed by atoms with E-state index in [9.17, 15) is 0 Å². The second kappa shape index (κ2) is 4.92. The highest BCUT2D eigenvalue weighted by Crippen LogP contribution is 2.22. The van der Waals surface area contributed by atoms with E-state index < -0.39 is 0 Å². The van der Waals surface area contributed by atoms with Gasteiger partial charge in [0.1, 0.15) is 5.15 Å². The fraction of sp³-hybridized carbons (Fsp3) is 0.615. The van der Waals surface area contributed by atoms with E-state index in [1.54, 1.807) is 0 Å². The minimum Gasteiger partial charge on any atom is -0.298 e. The lowest BCUT2D eigenvalue weighted by Crippen LogP contribution is -2.49. The Morgan fingerprint density at radius 3 is 3.06 bits per heavy atom. The molecule has 2 aliphatic heterocycles. The molecule has 0 N–H and O–H groups in total. The van der Waals surface area contributed by atoms with Gasteiger partial charge in [-0.2, -0.15) is 0 Å². The molecule has 0 aromatic carbocycles. The third-order valence-corrected chi connectivity index (χ3v) is 4.09. The van der Waals surface area contributed by atoms with Gasteiger partial charge in [0, 0.05) is 38.4 Å². The zero-order valence-electron chi connectivity index (χ0n) is 9.98. The molecule has 1 unspecified atom stereocenters. The van der Waals surface area contributed by atoms with Crippen molar-refractivity contribution in [3.8, 4) is 0 Å². The lowest BCUT2D eigenvalue weighted by atomic mass is 10.1. The molecule has 17 heavy (non-hydrogen) atoms. The first kappa shape index (κ1) is 11.5. The molecule has 0 aliphatic carbocycles. The fourth-order valence-electron chi connectivity index (χ4n) is 2.96. The number of fused-ring (bicyclic) bond motifs is 1. The summed E-state index contributed by atoms with van der Waals surface area (Å²) in [6.45, 7) is 5.93. The summed E-state index contributed by atoms with van der Waals surface area (Å²) >= 11 is 5.80. The molecule has 3 rings (SSSR count). The number of halogens is 1. The van der Waals surface area contributed by atoms with Crippen LogP contribution in [0, 0.1) is 0 Å². The van der Waals surface area contributed by atoms with Gasteiger partial charge >= 0.3 is 0 Å². The molecule has 0 bridgehead atoms. The second-order valence-corrected chi connectivity index (χ2v) is 5.44. The smallest absolute Gasteiger partial charge is 0.129 e. The lowest BCUT2D eigenvalue weighted by Gasteiger charge is -2.37. The van der Waals surface area contributed by atoms with Crippen LogP contribution < -0.4 is 0 Å². The zero-order valence-corrected chi connectivity index (χ0v) is 10.7. The average Bonchev–Trinajstić information content (AvgIpc) is 2.79. The molecule has 3 heterocycles. The van der Waals surface area contributed by atoms with Crippen molar-refractivity contribution in [3.63, 3.8) is 0 Å². The first-order valence-electron chi connectivity index (χ1n) is 6.38. The average molecular weight is 252 g/mol. The molecule has 0 saturated carbocycles. The normalized spacial score (nSPS) is 26.1. The molecule has 1 aromatic rings. The van der Waals surface area contributed by atoms with Crippen LogP contribution in [0.15, 0.2) is 18.3 Å². The summed E-state index contributed by atoms with van der Waals surface area (Å²) in [6, 6.07) is 4.75. The van der Waals surface area contributed by atoms with Crippen molar-refractivity contribution in [3.05, 3.63) is 29.0 Å². The van der Waals surface area contributed by atoms with E-state index in [0.29, 0.717) is 5.15 Å². The van der Waals surface area contributed by atoms with Crippen LogP contribution in [-0.2, 0) is 6.54 Å². The molecule has 0 spiro atoms. The summed E-state index contributed by atoms with van der Waals surface area (Å²) in [5.74, 6) is 0. The number of nitrogens with zero attached hydrogens (tertiary/aromatic N) is 3. The summed E-state index contributed by atoms with van der Waals surface area (Å²) in [7, 11) is 0. The number of piperazine rings is 1. The maximum absolute atomic E-state index is 5.80. The molecular formula is C13H18ClN3. The number of hydrogen-bond acceptors (Lipinski definition) is 3. The molecule has 1 atom stereocenters. The van der Waals surface area contributed by atoms with Gasteiger partial charge in [-0.15, -0.1) is 0 Å². The monoisotopic (exact) mass is 251 g/mol. The van der Waals surface area contributed by atoms with Crippen molar-refractivity contribution in [1.82, 2.24) is 14.8 Å².